The Labute approximate surface area is 190 Å². The van der Waals surface area contributed by atoms with Gasteiger partial charge in [-0.3, -0.25) is 4.79 Å². The molecule has 1 N–H and O–H groups in total. The van der Waals surface area contributed by atoms with E-state index in [9.17, 15) is 13.2 Å². The molecular formula is C23H19N3O4S2. The van der Waals surface area contributed by atoms with Crippen LogP contribution in [0.3, 0.4) is 0 Å². The van der Waals surface area contributed by atoms with Crippen LogP contribution in [0.1, 0.15) is 15.9 Å². The largest absolute Gasteiger partial charge is 0.455 e. The van der Waals surface area contributed by atoms with E-state index in [1.807, 2.05) is 54.3 Å². The molecule has 0 fully saturated rings. The molecule has 0 radical (unpaired) electrons. The average molecular weight is 466 g/mol. The molecule has 0 unspecified atom stereocenters. The first-order valence-electron chi connectivity index (χ1n) is 9.95. The minimum atomic E-state index is -3.42. The lowest BCUT2D eigenvalue weighted by atomic mass is 10.1. The predicted molar refractivity (Wildman–Crippen MR) is 127 cm³/mol. The van der Waals surface area contributed by atoms with Crippen LogP contribution in [0.5, 0.6) is 11.5 Å². The van der Waals surface area contributed by atoms with Gasteiger partial charge >= 0.3 is 0 Å². The molecule has 0 saturated heterocycles. The maximum atomic E-state index is 13.0. The number of benzene rings is 3. The van der Waals surface area contributed by atoms with E-state index in [4.69, 9.17) is 4.74 Å². The van der Waals surface area contributed by atoms with Crippen molar-refractivity contribution in [3.63, 3.8) is 0 Å². The van der Waals surface area contributed by atoms with Crippen LogP contribution in [-0.2, 0) is 10.0 Å². The quantitative estimate of drug-likeness (QED) is 0.603. The number of sulfonamides is 1. The number of carbonyl (C=O) groups excluding carboxylic acids is 1. The molecule has 5 rings (SSSR count). The van der Waals surface area contributed by atoms with E-state index in [1.54, 1.807) is 24.3 Å². The summed E-state index contributed by atoms with van der Waals surface area (Å²) in [5.74, 6) is 0.916. The number of para-hydroxylation sites is 2. The molecule has 0 aliphatic carbocycles. The predicted octanol–water partition coefficient (Wildman–Crippen LogP) is 4.65. The topological polar surface area (TPSA) is 88.1 Å². The molecule has 0 atom stereocenters. The molecule has 7 nitrogen and oxygen atoms in total. The van der Waals surface area contributed by atoms with E-state index in [-0.39, 0.29) is 11.7 Å². The first-order chi connectivity index (χ1) is 15.4. The number of hydrogen-bond donors (Lipinski definition) is 1. The molecule has 162 valence electrons. The van der Waals surface area contributed by atoms with Crippen molar-refractivity contribution < 1.29 is 17.9 Å². The number of aryl methyl sites for hydroxylation is 1. The molecule has 2 aliphatic rings. The van der Waals surface area contributed by atoms with E-state index in [0.717, 1.165) is 16.1 Å². The number of amidine groups is 1. The lowest BCUT2D eigenvalue weighted by Crippen LogP contribution is -2.35. The summed E-state index contributed by atoms with van der Waals surface area (Å²) in [6, 6.07) is 20.2. The molecule has 0 spiro atoms. The van der Waals surface area contributed by atoms with Crippen LogP contribution < -0.4 is 15.0 Å². The van der Waals surface area contributed by atoms with Crippen molar-refractivity contribution in [2.24, 2.45) is 4.40 Å². The Kier molecular flexibility index (Phi) is 5.15. The van der Waals surface area contributed by atoms with Crippen molar-refractivity contribution >= 4 is 44.2 Å². The standard InChI is InChI=1S/C23H19N3O4S2/c1-15-6-9-17(10-7-15)30-20-5-3-2-4-18(20)24-22(27)16-8-11-19-21(14-16)31-23-25-32(28,29)13-12-26(19)23/h2-11,14H,12-13H2,1H3,(H,24,27). The molecule has 0 aromatic heterocycles. The molecule has 0 bridgehead atoms. The SMILES string of the molecule is Cc1ccc(Oc2ccccc2NC(=O)c2ccc3c(c2)SC2=NS(=O)(=O)CCN23)cc1. The monoisotopic (exact) mass is 465 g/mol. The zero-order valence-corrected chi connectivity index (χ0v) is 18.7. The average Bonchev–Trinajstić information content (AvgIpc) is 3.12. The molecule has 32 heavy (non-hydrogen) atoms. The zero-order chi connectivity index (χ0) is 22.3. The summed E-state index contributed by atoms with van der Waals surface area (Å²) in [7, 11) is -3.42. The van der Waals surface area contributed by atoms with Gasteiger partial charge in [0.15, 0.2) is 10.9 Å². The Hall–Kier alpha value is -3.30. The van der Waals surface area contributed by atoms with Crippen molar-refractivity contribution in [1.82, 2.24) is 0 Å². The third-order valence-corrected chi connectivity index (χ3v) is 7.43. The lowest BCUT2D eigenvalue weighted by Gasteiger charge is -2.22. The highest BCUT2D eigenvalue weighted by molar-refractivity contribution is 8.15. The van der Waals surface area contributed by atoms with Crippen molar-refractivity contribution in [3.05, 3.63) is 77.9 Å². The van der Waals surface area contributed by atoms with Crippen molar-refractivity contribution in [1.29, 1.82) is 0 Å². The molecule has 2 aliphatic heterocycles. The number of hydrogen-bond acceptors (Lipinski definition) is 6. The van der Waals surface area contributed by atoms with E-state index < -0.39 is 10.0 Å². The normalized spacial score (nSPS) is 16.0. The Morgan fingerprint density at radius 2 is 1.88 bits per heavy atom. The van der Waals surface area contributed by atoms with Gasteiger partial charge in [-0.2, -0.15) is 0 Å². The summed E-state index contributed by atoms with van der Waals surface area (Å²) in [4.78, 5) is 15.6. The number of nitrogens with zero attached hydrogens (tertiary/aromatic N) is 2. The molecule has 3 aromatic carbocycles. The fourth-order valence-electron chi connectivity index (χ4n) is 3.46. The van der Waals surface area contributed by atoms with Gasteiger partial charge in [-0.15, -0.1) is 4.40 Å². The molecule has 1 amide bonds. The fourth-order valence-corrected chi connectivity index (χ4v) is 5.75. The van der Waals surface area contributed by atoms with Gasteiger partial charge in [-0.25, -0.2) is 8.42 Å². The maximum absolute atomic E-state index is 13.0. The van der Waals surface area contributed by atoms with Gasteiger partial charge in [0.25, 0.3) is 15.9 Å². The number of amides is 1. The van der Waals surface area contributed by atoms with Crippen molar-refractivity contribution in [2.75, 3.05) is 22.5 Å². The van der Waals surface area contributed by atoms with Gasteiger partial charge in [0.05, 0.1) is 17.1 Å². The molecule has 3 aromatic rings. The van der Waals surface area contributed by atoms with Crippen molar-refractivity contribution in [3.8, 4) is 11.5 Å². The van der Waals surface area contributed by atoms with E-state index in [0.29, 0.717) is 34.5 Å². The zero-order valence-electron chi connectivity index (χ0n) is 17.1. The van der Waals surface area contributed by atoms with Gasteiger partial charge in [-0.1, -0.05) is 29.8 Å². The Balaban J connectivity index is 1.37. The van der Waals surface area contributed by atoms with E-state index in [1.165, 1.54) is 11.8 Å². The third-order valence-electron chi connectivity index (χ3n) is 5.12. The second kappa shape index (κ2) is 7.99. The summed E-state index contributed by atoms with van der Waals surface area (Å²) < 4.78 is 33.4. The minimum absolute atomic E-state index is 0.0174. The van der Waals surface area contributed by atoms with Crippen LogP contribution in [0.25, 0.3) is 0 Å². The van der Waals surface area contributed by atoms with Gasteiger partial charge < -0.3 is 15.0 Å². The van der Waals surface area contributed by atoms with Crippen LogP contribution in [0.15, 0.2) is 76.0 Å². The summed E-state index contributed by atoms with van der Waals surface area (Å²) >= 11 is 1.26. The number of anilines is 2. The highest BCUT2D eigenvalue weighted by Crippen LogP contribution is 2.42. The van der Waals surface area contributed by atoms with Gasteiger partial charge in [0.1, 0.15) is 5.75 Å². The molecule has 0 saturated carbocycles. The minimum Gasteiger partial charge on any atom is -0.455 e. The number of nitrogens with one attached hydrogen (secondary N) is 1. The number of rotatable bonds is 4. The van der Waals surface area contributed by atoms with E-state index in [2.05, 4.69) is 9.71 Å². The van der Waals surface area contributed by atoms with Gasteiger partial charge in [0, 0.05) is 17.0 Å². The Morgan fingerprint density at radius 1 is 1.09 bits per heavy atom. The number of ether oxygens (including phenoxy) is 1. The first kappa shape index (κ1) is 20.6. The molecule has 9 heteroatoms. The van der Waals surface area contributed by atoms with Crippen molar-refractivity contribution in [2.45, 2.75) is 11.8 Å². The summed E-state index contributed by atoms with van der Waals surface area (Å²) in [5.41, 5.74) is 3.01. The van der Waals surface area contributed by atoms with Crippen LogP contribution in [-0.4, -0.2) is 31.8 Å². The summed E-state index contributed by atoms with van der Waals surface area (Å²) in [6.07, 6.45) is 0. The second-order valence-electron chi connectivity index (χ2n) is 7.46. The smallest absolute Gasteiger partial charge is 0.257 e. The number of fused-ring (bicyclic) bond motifs is 3. The van der Waals surface area contributed by atoms with Gasteiger partial charge in [0.2, 0.25) is 0 Å². The fraction of sp³-hybridized carbons (Fsp3) is 0.130. The van der Waals surface area contributed by atoms with Crippen LogP contribution in [0.2, 0.25) is 0 Å². The molecular weight excluding hydrogens is 446 g/mol. The maximum Gasteiger partial charge on any atom is 0.257 e. The Morgan fingerprint density at radius 3 is 2.69 bits per heavy atom. The van der Waals surface area contributed by atoms with Crippen LogP contribution in [0, 0.1) is 6.92 Å². The highest BCUT2D eigenvalue weighted by Gasteiger charge is 2.33. The van der Waals surface area contributed by atoms with E-state index >= 15 is 0 Å². The van der Waals surface area contributed by atoms with Crippen LogP contribution in [0.4, 0.5) is 11.4 Å². The first-order valence-corrected chi connectivity index (χ1v) is 12.4. The molecule has 2 heterocycles. The highest BCUT2D eigenvalue weighted by atomic mass is 32.2. The summed E-state index contributed by atoms with van der Waals surface area (Å²) in [6.45, 7) is 2.36. The lowest BCUT2D eigenvalue weighted by molar-refractivity contribution is 0.102. The van der Waals surface area contributed by atoms with Crippen LogP contribution >= 0.6 is 11.8 Å². The number of carbonyl (C=O) groups is 1. The third kappa shape index (κ3) is 4.09. The summed E-state index contributed by atoms with van der Waals surface area (Å²) in [5, 5.41) is 3.34. The second-order valence-corrected chi connectivity index (χ2v) is 10.2. The van der Waals surface area contributed by atoms with Gasteiger partial charge in [-0.05, 0) is 61.2 Å². The number of thioether (sulfide) groups is 1. The Bertz CT molecular complexity index is 1350.